The second-order valence-electron chi connectivity index (χ2n) is 6.13. The molecule has 2 atom stereocenters. The van der Waals surface area contributed by atoms with E-state index in [9.17, 15) is 4.79 Å². The van der Waals surface area contributed by atoms with Gasteiger partial charge in [0.25, 0.3) is 5.91 Å². The van der Waals surface area contributed by atoms with Crippen LogP contribution in [0.5, 0.6) is 11.5 Å². The summed E-state index contributed by atoms with van der Waals surface area (Å²) >= 11 is 0. The lowest BCUT2D eigenvalue weighted by Crippen LogP contribution is -2.45. The maximum absolute atomic E-state index is 13.0. The van der Waals surface area contributed by atoms with Crippen molar-refractivity contribution >= 4 is 5.91 Å². The Balaban J connectivity index is 1.81. The molecule has 132 valence electrons. The topological polar surface area (TPSA) is 48.0 Å². The Hall–Kier alpha value is -2.53. The zero-order chi connectivity index (χ0) is 17.8. The average molecular weight is 341 g/mol. The Morgan fingerprint density at radius 1 is 1.04 bits per heavy atom. The van der Waals surface area contributed by atoms with Crippen molar-refractivity contribution in [2.24, 2.45) is 0 Å². The van der Waals surface area contributed by atoms with Crippen LogP contribution in [0, 0.1) is 0 Å². The number of benzene rings is 2. The van der Waals surface area contributed by atoms with Gasteiger partial charge in [-0.3, -0.25) is 4.79 Å². The summed E-state index contributed by atoms with van der Waals surface area (Å²) in [6, 6.07) is 15.2. The standard InChI is InChI=1S/C20H23NO4/c1-14-12-21(13-19(25-14)15-7-5-4-6-8-15)20(22)16-9-10-17(23-2)18(11-16)24-3/h4-11,14,19H,12-13H2,1-3H3. The van der Waals surface area contributed by atoms with Gasteiger partial charge in [0.1, 0.15) is 6.10 Å². The fourth-order valence-electron chi connectivity index (χ4n) is 3.12. The molecule has 0 saturated carbocycles. The second-order valence-corrected chi connectivity index (χ2v) is 6.13. The van der Waals surface area contributed by atoms with Gasteiger partial charge in [0.05, 0.1) is 26.9 Å². The first-order valence-corrected chi connectivity index (χ1v) is 8.34. The van der Waals surface area contributed by atoms with Crippen LogP contribution in [0.1, 0.15) is 28.9 Å². The zero-order valence-corrected chi connectivity index (χ0v) is 14.8. The number of morpholine rings is 1. The van der Waals surface area contributed by atoms with Crippen molar-refractivity contribution in [1.29, 1.82) is 0 Å². The maximum atomic E-state index is 13.0. The van der Waals surface area contributed by atoms with E-state index in [0.717, 1.165) is 5.56 Å². The molecule has 5 heteroatoms. The molecule has 0 aliphatic carbocycles. The molecule has 5 nitrogen and oxygen atoms in total. The molecule has 2 unspecified atom stereocenters. The number of hydrogen-bond acceptors (Lipinski definition) is 4. The predicted molar refractivity (Wildman–Crippen MR) is 95.2 cm³/mol. The minimum atomic E-state index is -0.117. The SMILES string of the molecule is COc1ccc(C(=O)N2CC(C)OC(c3ccccc3)C2)cc1OC. The van der Waals surface area contributed by atoms with Crippen LogP contribution in [-0.2, 0) is 4.74 Å². The first kappa shape index (κ1) is 17.3. The Morgan fingerprint density at radius 3 is 2.44 bits per heavy atom. The van der Waals surface area contributed by atoms with Gasteiger partial charge in [-0.25, -0.2) is 0 Å². The van der Waals surface area contributed by atoms with Crippen molar-refractivity contribution in [1.82, 2.24) is 4.90 Å². The van der Waals surface area contributed by atoms with Gasteiger partial charge < -0.3 is 19.1 Å². The van der Waals surface area contributed by atoms with Gasteiger partial charge in [-0.1, -0.05) is 30.3 Å². The van der Waals surface area contributed by atoms with E-state index < -0.39 is 0 Å². The van der Waals surface area contributed by atoms with Crippen molar-refractivity contribution in [2.45, 2.75) is 19.1 Å². The molecule has 1 heterocycles. The predicted octanol–water partition coefficient (Wildman–Crippen LogP) is 3.31. The van der Waals surface area contributed by atoms with Gasteiger partial charge in [-0.15, -0.1) is 0 Å². The molecule has 0 N–H and O–H groups in total. The number of methoxy groups -OCH3 is 2. The van der Waals surface area contributed by atoms with Crippen LogP contribution >= 0.6 is 0 Å². The minimum absolute atomic E-state index is 0.0250. The van der Waals surface area contributed by atoms with Gasteiger partial charge in [-0.05, 0) is 30.7 Å². The van der Waals surface area contributed by atoms with Gasteiger partial charge in [0, 0.05) is 12.1 Å². The van der Waals surface area contributed by atoms with E-state index >= 15 is 0 Å². The Morgan fingerprint density at radius 2 is 1.76 bits per heavy atom. The molecule has 1 fully saturated rings. The first-order valence-electron chi connectivity index (χ1n) is 8.34. The van der Waals surface area contributed by atoms with Gasteiger partial charge >= 0.3 is 0 Å². The number of carbonyl (C=O) groups is 1. The number of ether oxygens (including phenoxy) is 3. The quantitative estimate of drug-likeness (QED) is 0.856. The molecule has 0 bridgehead atoms. The molecule has 1 amide bonds. The monoisotopic (exact) mass is 341 g/mol. The third-order valence-corrected chi connectivity index (χ3v) is 4.35. The zero-order valence-electron chi connectivity index (χ0n) is 14.8. The molecule has 0 aromatic heterocycles. The van der Waals surface area contributed by atoms with Crippen LogP contribution < -0.4 is 9.47 Å². The van der Waals surface area contributed by atoms with E-state index in [0.29, 0.717) is 30.2 Å². The third-order valence-electron chi connectivity index (χ3n) is 4.35. The smallest absolute Gasteiger partial charge is 0.254 e. The molecule has 0 radical (unpaired) electrons. The Kier molecular flexibility index (Phi) is 5.24. The van der Waals surface area contributed by atoms with E-state index in [2.05, 4.69) is 0 Å². The van der Waals surface area contributed by atoms with E-state index in [1.807, 2.05) is 42.2 Å². The number of rotatable bonds is 4. The summed E-state index contributed by atoms with van der Waals surface area (Å²) in [4.78, 5) is 14.8. The van der Waals surface area contributed by atoms with Crippen molar-refractivity contribution in [3.63, 3.8) is 0 Å². The van der Waals surface area contributed by atoms with E-state index in [1.165, 1.54) is 0 Å². The van der Waals surface area contributed by atoms with Gasteiger partial charge in [-0.2, -0.15) is 0 Å². The summed E-state index contributed by atoms with van der Waals surface area (Å²) in [5.41, 5.74) is 1.66. The fourth-order valence-corrected chi connectivity index (χ4v) is 3.12. The largest absolute Gasteiger partial charge is 0.493 e. The number of hydrogen-bond donors (Lipinski definition) is 0. The summed E-state index contributed by atoms with van der Waals surface area (Å²) < 4.78 is 16.6. The summed E-state index contributed by atoms with van der Waals surface area (Å²) in [7, 11) is 3.14. The summed E-state index contributed by atoms with van der Waals surface area (Å²) in [5.74, 6) is 1.13. The molecule has 1 aliphatic heterocycles. The Labute approximate surface area is 148 Å². The fraction of sp³-hybridized carbons (Fsp3) is 0.350. The van der Waals surface area contributed by atoms with Crippen molar-refractivity contribution < 1.29 is 19.0 Å². The highest BCUT2D eigenvalue weighted by Crippen LogP contribution is 2.30. The van der Waals surface area contributed by atoms with Gasteiger partial charge in [0.15, 0.2) is 11.5 Å². The number of carbonyl (C=O) groups excluding carboxylic acids is 1. The van der Waals surface area contributed by atoms with Crippen LogP contribution in [0.3, 0.4) is 0 Å². The summed E-state index contributed by atoms with van der Waals surface area (Å²) in [5, 5.41) is 0. The lowest BCUT2D eigenvalue weighted by molar-refractivity contribution is -0.0691. The average Bonchev–Trinajstić information content (AvgIpc) is 2.67. The van der Waals surface area contributed by atoms with Crippen LogP contribution in [0.15, 0.2) is 48.5 Å². The van der Waals surface area contributed by atoms with Crippen molar-refractivity contribution in [3.05, 3.63) is 59.7 Å². The normalized spacial score (nSPS) is 20.2. The molecule has 0 spiro atoms. The van der Waals surface area contributed by atoms with Gasteiger partial charge in [0.2, 0.25) is 0 Å². The summed E-state index contributed by atoms with van der Waals surface area (Å²) in [6.45, 7) is 3.09. The highest BCUT2D eigenvalue weighted by atomic mass is 16.5. The van der Waals surface area contributed by atoms with Crippen LogP contribution in [-0.4, -0.2) is 44.2 Å². The molecule has 25 heavy (non-hydrogen) atoms. The second kappa shape index (κ2) is 7.57. The van der Waals surface area contributed by atoms with Crippen LogP contribution in [0.4, 0.5) is 0 Å². The molecule has 2 aromatic rings. The minimum Gasteiger partial charge on any atom is -0.493 e. The molecular formula is C20H23NO4. The highest BCUT2D eigenvalue weighted by molar-refractivity contribution is 5.95. The maximum Gasteiger partial charge on any atom is 0.254 e. The Bertz CT molecular complexity index is 732. The lowest BCUT2D eigenvalue weighted by atomic mass is 10.1. The van der Waals surface area contributed by atoms with E-state index in [1.54, 1.807) is 32.4 Å². The highest BCUT2D eigenvalue weighted by Gasteiger charge is 2.30. The molecule has 1 saturated heterocycles. The molecular weight excluding hydrogens is 318 g/mol. The van der Waals surface area contributed by atoms with E-state index in [-0.39, 0.29) is 18.1 Å². The van der Waals surface area contributed by atoms with Crippen molar-refractivity contribution in [2.75, 3.05) is 27.3 Å². The van der Waals surface area contributed by atoms with Crippen LogP contribution in [0.2, 0.25) is 0 Å². The third kappa shape index (κ3) is 3.77. The van der Waals surface area contributed by atoms with Crippen molar-refractivity contribution in [3.8, 4) is 11.5 Å². The molecule has 3 rings (SSSR count). The molecule has 1 aliphatic rings. The molecule has 2 aromatic carbocycles. The number of amides is 1. The van der Waals surface area contributed by atoms with E-state index in [4.69, 9.17) is 14.2 Å². The lowest BCUT2D eigenvalue weighted by Gasteiger charge is -2.37. The number of nitrogens with zero attached hydrogens (tertiary/aromatic N) is 1. The first-order chi connectivity index (χ1) is 12.1. The summed E-state index contributed by atoms with van der Waals surface area (Å²) in [6.07, 6.45) is -0.142. The van der Waals surface area contributed by atoms with Crippen LogP contribution in [0.25, 0.3) is 0 Å².